The fourth-order valence-corrected chi connectivity index (χ4v) is 2.20. The molecule has 1 aliphatic heterocycles. The molecular formula is C9H14N2O4S. The van der Waals surface area contributed by atoms with Crippen LogP contribution in [0.5, 0.6) is 0 Å². The van der Waals surface area contributed by atoms with Crippen LogP contribution in [0.2, 0.25) is 0 Å². The average Bonchev–Trinajstić information content (AvgIpc) is 2.60. The summed E-state index contributed by atoms with van der Waals surface area (Å²) in [6, 6.07) is -0.877. The van der Waals surface area contributed by atoms with E-state index < -0.39 is 17.9 Å². The summed E-state index contributed by atoms with van der Waals surface area (Å²) in [6.07, 6.45) is 0.323. The van der Waals surface area contributed by atoms with Crippen LogP contribution in [0.4, 0.5) is 0 Å². The zero-order valence-corrected chi connectivity index (χ0v) is 9.75. The van der Waals surface area contributed by atoms with Crippen molar-refractivity contribution in [3.8, 4) is 0 Å². The highest BCUT2D eigenvalue weighted by Crippen LogP contribution is 2.13. The van der Waals surface area contributed by atoms with Gasteiger partial charge in [-0.05, 0) is 6.42 Å². The predicted octanol–water partition coefficient (Wildman–Crippen LogP) is -0.501. The van der Waals surface area contributed by atoms with E-state index in [2.05, 4.69) is 5.32 Å². The van der Waals surface area contributed by atoms with E-state index in [1.807, 2.05) is 0 Å². The second kappa shape index (κ2) is 5.74. The van der Waals surface area contributed by atoms with Crippen LogP contribution < -0.4 is 5.32 Å². The van der Waals surface area contributed by atoms with Gasteiger partial charge in [-0.3, -0.25) is 9.59 Å². The molecule has 0 spiro atoms. The molecule has 16 heavy (non-hydrogen) atoms. The quantitative estimate of drug-likeness (QED) is 0.683. The fraction of sp³-hybridized carbons (Fsp3) is 0.667. The van der Waals surface area contributed by atoms with Gasteiger partial charge in [-0.1, -0.05) is 6.92 Å². The molecule has 7 heteroatoms. The molecule has 90 valence electrons. The number of amides is 2. The van der Waals surface area contributed by atoms with Gasteiger partial charge in [0.15, 0.2) is 0 Å². The van der Waals surface area contributed by atoms with Crippen LogP contribution in [0.25, 0.3) is 0 Å². The Hall–Kier alpha value is -1.24. The van der Waals surface area contributed by atoms with Crippen LogP contribution in [-0.4, -0.2) is 52.0 Å². The number of thioether (sulfide) groups is 1. The molecule has 1 fully saturated rings. The Balaban J connectivity index is 2.40. The second-order valence-electron chi connectivity index (χ2n) is 3.44. The standard InChI is InChI=1S/C9H14N2O4S/c1-2-6(9(14)15)10-7(12)3-11-5-16-4-8(11)13/h6H,2-5H2,1H3,(H,10,12)(H,14,15)/t6-/m1/s1. The van der Waals surface area contributed by atoms with Gasteiger partial charge < -0.3 is 15.3 Å². The molecular weight excluding hydrogens is 232 g/mol. The Morgan fingerprint density at radius 1 is 1.62 bits per heavy atom. The lowest BCUT2D eigenvalue weighted by molar-refractivity contribution is -0.142. The molecule has 1 heterocycles. The molecule has 1 rings (SSSR count). The van der Waals surface area contributed by atoms with Gasteiger partial charge in [-0.15, -0.1) is 11.8 Å². The number of carboxylic acid groups (broad SMARTS) is 1. The first-order valence-electron chi connectivity index (χ1n) is 4.92. The first-order valence-corrected chi connectivity index (χ1v) is 6.07. The van der Waals surface area contributed by atoms with Gasteiger partial charge in [0.05, 0.1) is 11.6 Å². The van der Waals surface area contributed by atoms with E-state index in [1.54, 1.807) is 6.92 Å². The Labute approximate surface area is 97.4 Å². The van der Waals surface area contributed by atoms with Crippen molar-refractivity contribution in [3.05, 3.63) is 0 Å². The third-order valence-electron chi connectivity index (χ3n) is 2.20. The van der Waals surface area contributed by atoms with Gasteiger partial charge in [0.2, 0.25) is 11.8 Å². The van der Waals surface area contributed by atoms with Gasteiger partial charge in [0, 0.05) is 0 Å². The van der Waals surface area contributed by atoms with E-state index in [1.165, 1.54) is 16.7 Å². The summed E-state index contributed by atoms with van der Waals surface area (Å²) in [6.45, 7) is 1.62. The zero-order valence-electron chi connectivity index (χ0n) is 8.93. The van der Waals surface area contributed by atoms with E-state index in [-0.39, 0.29) is 12.5 Å². The first kappa shape index (κ1) is 12.8. The number of aliphatic carboxylic acids is 1. The molecule has 0 aromatic carbocycles. The predicted molar refractivity (Wildman–Crippen MR) is 58.9 cm³/mol. The number of nitrogens with zero attached hydrogens (tertiary/aromatic N) is 1. The number of carbonyl (C=O) groups is 3. The number of carbonyl (C=O) groups excluding carboxylic acids is 2. The van der Waals surface area contributed by atoms with E-state index in [0.29, 0.717) is 18.1 Å². The number of hydrogen-bond acceptors (Lipinski definition) is 4. The number of nitrogens with one attached hydrogen (secondary N) is 1. The minimum absolute atomic E-state index is 0.0599. The summed E-state index contributed by atoms with van der Waals surface area (Å²) in [5.74, 6) is -0.675. The molecule has 0 radical (unpaired) electrons. The lowest BCUT2D eigenvalue weighted by atomic mass is 10.2. The van der Waals surface area contributed by atoms with Crippen LogP contribution in [0.3, 0.4) is 0 Å². The summed E-state index contributed by atoms with van der Waals surface area (Å²) in [5.41, 5.74) is 0. The number of rotatable bonds is 5. The van der Waals surface area contributed by atoms with Gasteiger partial charge in [0.1, 0.15) is 12.6 Å². The molecule has 2 amide bonds. The molecule has 0 aliphatic carbocycles. The maximum absolute atomic E-state index is 11.4. The van der Waals surface area contributed by atoms with Gasteiger partial charge in [-0.25, -0.2) is 4.79 Å². The zero-order chi connectivity index (χ0) is 12.1. The topological polar surface area (TPSA) is 86.7 Å². The lowest BCUT2D eigenvalue weighted by Gasteiger charge is -2.17. The molecule has 0 aromatic heterocycles. The van der Waals surface area contributed by atoms with E-state index in [0.717, 1.165) is 0 Å². The van der Waals surface area contributed by atoms with E-state index >= 15 is 0 Å². The van der Waals surface area contributed by atoms with Crippen molar-refractivity contribution < 1.29 is 19.5 Å². The molecule has 0 unspecified atom stereocenters. The second-order valence-corrected chi connectivity index (χ2v) is 4.39. The Morgan fingerprint density at radius 2 is 2.31 bits per heavy atom. The Bertz CT molecular complexity index is 302. The van der Waals surface area contributed by atoms with Crippen LogP contribution in [-0.2, 0) is 14.4 Å². The van der Waals surface area contributed by atoms with Crippen molar-refractivity contribution in [1.82, 2.24) is 10.2 Å². The molecule has 6 nitrogen and oxygen atoms in total. The third kappa shape index (κ3) is 3.41. The third-order valence-corrected chi connectivity index (χ3v) is 3.15. The van der Waals surface area contributed by atoms with Gasteiger partial charge in [-0.2, -0.15) is 0 Å². The molecule has 0 bridgehead atoms. The summed E-state index contributed by atoms with van der Waals surface area (Å²) in [7, 11) is 0. The van der Waals surface area contributed by atoms with Crippen molar-refractivity contribution in [1.29, 1.82) is 0 Å². The average molecular weight is 246 g/mol. The SMILES string of the molecule is CC[C@@H](NC(=O)CN1CSCC1=O)C(=O)O. The summed E-state index contributed by atoms with van der Waals surface area (Å²) < 4.78 is 0. The largest absolute Gasteiger partial charge is 0.480 e. The van der Waals surface area contributed by atoms with Crippen LogP contribution in [0.15, 0.2) is 0 Å². The van der Waals surface area contributed by atoms with E-state index in [4.69, 9.17) is 5.11 Å². The highest BCUT2D eigenvalue weighted by molar-refractivity contribution is 8.00. The van der Waals surface area contributed by atoms with Crippen molar-refractivity contribution >= 4 is 29.5 Å². The van der Waals surface area contributed by atoms with Crippen molar-refractivity contribution in [2.24, 2.45) is 0 Å². The minimum Gasteiger partial charge on any atom is -0.480 e. The van der Waals surface area contributed by atoms with Gasteiger partial charge >= 0.3 is 5.97 Å². The Morgan fingerprint density at radius 3 is 2.75 bits per heavy atom. The maximum atomic E-state index is 11.4. The Kier molecular flexibility index (Phi) is 4.60. The molecule has 1 aliphatic rings. The summed E-state index contributed by atoms with van der Waals surface area (Å²) in [5, 5.41) is 11.1. The monoisotopic (exact) mass is 246 g/mol. The summed E-state index contributed by atoms with van der Waals surface area (Å²) in [4.78, 5) is 34.7. The minimum atomic E-state index is -1.06. The van der Waals surface area contributed by atoms with Crippen LogP contribution >= 0.6 is 11.8 Å². The van der Waals surface area contributed by atoms with Crippen molar-refractivity contribution in [2.75, 3.05) is 18.2 Å². The smallest absolute Gasteiger partial charge is 0.326 e. The molecule has 1 atom stereocenters. The highest BCUT2D eigenvalue weighted by Gasteiger charge is 2.24. The normalized spacial score (nSPS) is 17.3. The fourth-order valence-electron chi connectivity index (χ4n) is 1.29. The lowest BCUT2D eigenvalue weighted by Crippen LogP contribution is -2.45. The molecule has 0 aromatic rings. The molecule has 1 saturated heterocycles. The van der Waals surface area contributed by atoms with Crippen molar-refractivity contribution in [2.45, 2.75) is 19.4 Å². The van der Waals surface area contributed by atoms with Gasteiger partial charge in [0.25, 0.3) is 0 Å². The van der Waals surface area contributed by atoms with Crippen LogP contribution in [0, 0.1) is 0 Å². The molecule has 0 saturated carbocycles. The van der Waals surface area contributed by atoms with E-state index in [9.17, 15) is 14.4 Å². The van der Waals surface area contributed by atoms with Crippen LogP contribution in [0.1, 0.15) is 13.3 Å². The maximum Gasteiger partial charge on any atom is 0.326 e. The number of hydrogen-bond donors (Lipinski definition) is 2. The number of carboxylic acids is 1. The highest BCUT2D eigenvalue weighted by atomic mass is 32.2. The van der Waals surface area contributed by atoms with Crippen molar-refractivity contribution in [3.63, 3.8) is 0 Å². The molecule has 2 N–H and O–H groups in total. The summed E-state index contributed by atoms with van der Waals surface area (Å²) >= 11 is 1.44. The first-order chi connectivity index (χ1) is 7.54.